The molecule has 6 nitrogen and oxygen atoms in total. The minimum Gasteiger partial charge on any atom is -0.465 e. The van der Waals surface area contributed by atoms with Gasteiger partial charge in [0.15, 0.2) is 0 Å². The summed E-state index contributed by atoms with van der Waals surface area (Å²) in [5.41, 5.74) is 1.49. The predicted octanol–water partition coefficient (Wildman–Crippen LogP) is 1.89. The summed E-state index contributed by atoms with van der Waals surface area (Å²) >= 11 is 0. The molecule has 1 aliphatic heterocycles. The molecule has 1 N–H and O–H groups in total. The summed E-state index contributed by atoms with van der Waals surface area (Å²) in [6.45, 7) is 1.81. The van der Waals surface area contributed by atoms with E-state index in [1.54, 1.807) is 25.4 Å². The fourth-order valence-electron chi connectivity index (χ4n) is 3.05. The number of hydrogen-bond donors (Lipinski definition) is 1. The number of carbonyl (C=O) groups is 1. The highest BCUT2D eigenvalue weighted by molar-refractivity contribution is 5.89. The number of methoxy groups -OCH3 is 2. The van der Waals surface area contributed by atoms with E-state index in [1.807, 2.05) is 18.3 Å². The molecule has 0 radical (unpaired) electrons. The normalized spacial score (nSPS) is 21.1. The summed E-state index contributed by atoms with van der Waals surface area (Å²) in [5.74, 6) is 0.535. The third-order valence-electron chi connectivity index (χ3n) is 4.28. The average Bonchev–Trinajstić information content (AvgIpc) is 3.10. The van der Waals surface area contributed by atoms with Gasteiger partial charge in [0.05, 0.1) is 24.8 Å². The fourth-order valence-corrected chi connectivity index (χ4v) is 3.05. The molecule has 0 bridgehead atoms. The SMILES string of the molecule is COC(=O)c1ccc(-c2nccn2[C@@H]2CNCC[C@@H]2OC)cc1. The van der Waals surface area contributed by atoms with Crippen molar-refractivity contribution in [1.29, 1.82) is 0 Å². The van der Waals surface area contributed by atoms with E-state index in [9.17, 15) is 4.79 Å². The van der Waals surface area contributed by atoms with E-state index in [2.05, 4.69) is 14.9 Å². The van der Waals surface area contributed by atoms with Crippen molar-refractivity contribution < 1.29 is 14.3 Å². The summed E-state index contributed by atoms with van der Waals surface area (Å²) < 4.78 is 12.5. The van der Waals surface area contributed by atoms with Gasteiger partial charge in [-0.15, -0.1) is 0 Å². The number of piperidine rings is 1. The maximum Gasteiger partial charge on any atom is 0.337 e. The Labute approximate surface area is 135 Å². The Kier molecular flexibility index (Phi) is 4.73. The van der Waals surface area contributed by atoms with Crippen LogP contribution in [0.15, 0.2) is 36.7 Å². The van der Waals surface area contributed by atoms with Gasteiger partial charge >= 0.3 is 5.97 Å². The van der Waals surface area contributed by atoms with Crippen molar-refractivity contribution in [3.8, 4) is 11.4 Å². The monoisotopic (exact) mass is 315 g/mol. The number of esters is 1. The van der Waals surface area contributed by atoms with E-state index in [4.69, 9.17) is 9.47 Å². The molecule has 0 unspecified atom stereocenters. The molecule has 6 heteroatoms. The molecule has 1 aliphatic rings. The lowest BCUT2D eigenvalue weighted by atomic mass is 10.0. The van der Waals surface area contributed by atoms with E-state index in [0.29, 0.717) is 5.56 Å². The Morgan fingerprint density at radius 2 is 2.09 bits per heavy atom. The van der Waals surface area contributed by atoms with Gasteiger partial charge < -0.3 is 19.4 Å². The Morgan fingerprint density at radius 3 is 2.78 bits per heavy atom. The highest BCUT2D eigenvalue weighted by atomic mass is 16.5. The minimum atomic E-state index is -0.337. The Hall–Kier alpha value is -2.18. The highest BCUT2D eigenvalue weighted by Gasteiger charge is 2.27. The zero-order valence-corrected chi connectivity index (χ0v) is 13.4. The van der Waals surface area contributed by atoms with Gasteiger partial charge in [0, 0.05) is 31.6 Å². The predicted molar refractivity (Wildman–Crippen MR) is 86.3 cm³/mol. The Bertz CT molecular complexity index is 666. The molecule has 0 amide bonds. The van der Waals surface area contributed by atoms with Crippen molar-refractivity contribution in [3.05, 3.63) is 42.2 Å². The second-order valence-electron chi connectivity index (χ2n) is 5.56. The summed E-state index contributed by atoms with van der Waals surface area (Å²) in [6.07, 6.45) is 4.91. The number of nitrogens with one attached hydrogen (secondary N) is 1. The number of carbonyl (C=O) groups excluding carboxylic acids is 1. The lowest BCUT2D eigenvalue weighted by molar-refractivity contribution is 0.0365. The molecule has 2 aromatic rings. The zero-order chi connectivity index (χ0) is 16.2. The van der Waals surface area contributed by atoms with Crippen molar-refractivity contribution in [2.75, 3.05) is 27.3 Å². The van der Waals surface area contributed by atoms with Gasteiger partial charge in [-0.1, -0.05) is 12.1 Å². The number of hydrogen-bond acceptors (Lipinski definition) is 5. The lowest BCUT2D eigenvalue weighted by Gasteiger charge is -2.33. The fraction of sp³-hybridized carbons (Fsp3) is 0.412. The van der Waals surface area contributed by atoms with Gasteiger partial charge in [0.1, 0.15) is 5.82 Å². The maximum atomic E-state index is 11.5. The second-order valence-corrected chi connectivity index (χ2v) is 5.56. The lowest BCUT2D eigenvalue weighted by Crippen LogP contribution is -2.42. The van der Waals surface area contributed by atoms with Crippen LogP contribution >= 0.6 is 0 Å². The quantitative estimate of drug-likeness (QED) is 0.873. The highest BCUT2D eigenvalue weighted by Crippen LogP contribution is 2.27. The summed E-state index contributed by atoms with van der Waals surface area (Å²) in [4.78, 5) is 16.0. The first-order chi connectivity index (χ1) is 11.2. The van der Waals surface area contributed by atoms with Crippen LogP contribution in [0.1, 0.15) is 22.8 Å². The van der Waals surface area contributed by atoms with E-state index in [-0.39, 0.29) is 18.1 Å². The third kappa shape index (κ3) is 3.13. The standard InChI is InChI=1S/C17H21N3O3/c1-22-15-7-8-18-11-14(15)20-10-9-19-16(20)12-3-5-13(6-4-12)17(21)23-2/h3-6,9-10,14-15,18H,7-8,11H2,1-2H3/t14-,15+/m1/s1. The molecule has 1 aromatic carbocycles. The van der Waals surface area contributed by atoms with Gasteiger partial charge in [-0.3, -0.25) is 0 Å². The smallest absolute Gasteiger partial charge is 0.337 e. The van der Waals surface area contributed by atoms with Crippen LogP contribution in [0.4, 0.5) is 0 Å². The number of aromatic nitrogens is 2. The van der Waals surface area contributed by atoms with Crippen molar-refractivity contribution >= 4 is 5.97 Å². The molecule has 1 aromatic heterocycles. The van der Waals surface area contributed by atoms with Gasteiger partial charge in [0.25, 0.3) is 0 Å². The number of nitrogens with zero attached hydrogens (tertiary/aromatic N) is 2. The summed E-state index contributed by atoms with van der Waals surface area (Å²) in [7, 11) is 3.13. The number of rotatable bonds is 4. The number of imidazole rings is 1. The van der Waals surface area contributed by atoms with Crippen LogP contribution in [-0.4, -0.2) is 48.9 Å². The van der Waals surface area contributed by atoms with Crippen molar-refractivity contribution in [1.82, 2.24) is 14.9 Å². The molecule has 2 heterocycles. The molecule has 23 heavy (non-hydrogen) atoms. The van der Waals surface area contributed by atoms with E-state index in [0.717, 1.165) is 30.9 Å². The van der Waals surface area contributed by atoms with Crippen molar-refractivity contribution in [3.63, 3.8) is 0 Å². The van der Waals surface area contributed by atoms with Crippen LogP contribution in [0.25, 0.3) is 11.4 Å². The molecular formula is C17H21N3O3. The molecular weight excluding hydrogens is 294 g/mol. The minimum absolute atomic E-state index is 0.165. The second kappa shape index (κ2) is 6.93. The molecule has 0 spiro atoms. The van der Waals surface area contributed by atoms with E-state index >= 15 is 0 Å². The average molecular weight is 315 g/mol. The maximum absolute atomic E-state index is 11.5. The summed E-state index contributed by atoms with van der Waals surface area (Å²) in [5, 5.41) is 3.41. The van der Waals surface area contributed by atoms with Crippen LogP contribution in [0.2, 0.25) is 0 Å². The van der Waals surface area contributed by atoms with Gasteiger partial charge in [-0.2, -0.15) is 0 Å². The van der Waals surface area contributed by atoms with Crippen LogP contribution in [0.5, 0.6) is 0 Å². The van der Waals surface area contributed by atoms with Crippen molar-refractivity contribution in [2.24, 2.45) is 0 Å². The molecule has 1 fully saturated rings. The Morgan fingerprint density at radius 1 is 1.30 bits per heavy atom. The topological polar surface area (TPSA) is 65.4 Å². The molecule has 122 valence electrons. The van der Waals surface area contributed by atoms with E-state index < -0.39 is 0 Å². The first kappa shape index (κ1) is 15.7. The molecule has 3 rings (SSSR count). The molecule has 2 atom stereocenters. The van der Waals surface area contributed by atoms with Crippen LogP contribution in [0.3, 0.4) is 0 Å². The van der Waals surface area contributed by atoms with Crippen molar-refractivity contribution in [2.45, 2.75) is 18.6 Å². The van der Waals surface area contributed by atoms with Crippen LogP contribution in [0, 0.1) is 0 Å². The number of ether oxygens (including phenoxy) is 2. The first-order valence-corrected chi connectivity index (χ1v) is 7.69. The first-order valence-electron chi connectivity index (χ1n) is 7.69. The largest absolute Gasteiger partial charge is 0.465 e. The third-order valence-corrected chi connectivity index (χ3v) is 4.28. The van der Waals surface area contributed by atoms with Gasteiger partial charge in [-0.25, -0.2) is 9.78 Å². The van der Waals surface area contributed by atoms with E-state index in [1.165, 1.54) is 7.11 Å². The molecule has 0 saturated carbocycles. The zero-order valence-electron chi connectivity index (χ0n) is 13.4. The van der Waals surface area contributed by atoms with Gasteiger partial charge in [0.2, 0.25) is 0 Å². The van der Waals surface area contributed by atoms with Gasteiger partial charge in [-0.05, 0) is 25.1 Å². The molecule has 0 aliphatic carbocycles. The van der Waals surface area contributed by atoms with Crippen LogP contribution in [-0.2, 0) is 9.47 Å². The molecule has 1 saturated heterocycles. The summed E-state index contributed by atoms with van der Waals surface area (Å²) in [6, 6.07) is 7.50. The Balaban J connectivity index is 1.90. The number of benzene rings is 1. The van der Waals surface area contributed by atoms with Crippen LogP contribution < -0.4 is 5.32 Å².